The molecule has 0 atom stereocenters. The maximum Gasteiger partial charge on any atom is 0.321 e. The summed E-state index contributed by atoms with van der Waals surface area (Å²) in [5.41, 5.74) is 0.340. The molecule has 2 rings (SSSR count). The Morgan fingerprint density at radius 2 is 2.16 bits per heavy atom. The van der Waals surface area contributed by atoms with E-state index in [0.29, 0.717) is 5.69 Å². The average molecular weight is 268 g/mol. The summed E-state index contributed by atoms with van der Waals surface area (Å²) < 4.78 is 17.9. The average Bonchev–Trinajstić information content (AvgIpc) is 2.28. The lowest BCUT2D eigenvalue weighted by Crippen LogP contribution is -2.54. The Morgan fingerprint density at radius 3 is 2.74 bits per heavy atom. The molecule has 0 unspecified atom stereocenters. The highest BCUT2D eigenvalue weighted by atomic mass is 19.1. The van der Waals surface area contributed by atoms with Crippen LogP contribution in [0.15, 0.2) is 18.2 Å². The van der Waals surface area contributed by atoms with Crippen LogP contribution in [0.5, 0.6) is 5.75 Å². The van der Waals surface area contributed by atoms with E-state index in [1.165, 1.54) is 24.1 Å². The number of anilines is 1. The van der Waals surface area contributed by atoms with E-state index in [9.17, 15) is 14.0 Å². The Balaban J connectivity index is 1.98. The number of carbonyl (C=O) groups is 2. The molecule has 1 fully saturated rings. The van der Waals surface area contributed by atoms with E-state index in [2.05, 4.69) is 5.32 Å². The minimum absolute atomic E-state index is 0.171. The van der Waals surface area contributed by atoms with Crippen LogP contribution in [0.4, 0.5) is 14.9 Å². The highest BCUT2D eigenvalue weighted by molar-refractivity contribution is 5.92. The molecule has 1 saturated heterocycles. The van der Waals surface area contributed by atoms with Gasteiger partial charge in [0, 0.05) is 19.2 Å². The van der Waals surface area contributed by atoms with Crippen molar-refractivity contribution < 1.29 is 23.8 Å². The molecule has 0 spiro atoms. The number of carboxylic acids is 1. The summed E-state index contributed by atoms with van der Waals surface area (Å²) in [4.78, 5) is 23.8. The topological polar surface area (TPSA) is 78.9 Å². The van der Waals surface area contributed by atoms with Gasteiger partial charge in [-0.25, -0.2) is 9.18 Å². The van der Waals surface area contributed by atoms with Gasteiger partial charge in [-0.05, 0) is 12.1 Å². The molecule has 19 heavy (non-hydrogen) atoms. The normalized spacial score (nSPS) is 14.7. The van der Waals surface area contributed by atoms with Gasteiger partial charge in [0.15, 0.2) is 0 Å². The number of nitrogens with zero attached hydrogens (tertiary/aromatic N) is 1. The van der Waals surface area contributed by atoms with E-state index in [4.69, 9.17) is 9.84 Å². The van der Waals surface area contributed by atoms with Gasteiger partial charge in [-0.15, -0.1) is 0 Å². The fourth-order valence-corrected chi connectivity index (χ4v) is 1.76. The molecule has 1 aliphatic heterocycles. The number of carbonyl (C=O) groups excluding carboxylic acids is 1. The first kappa shape index (κ1) is 13.1. The Hall–Kier alpha value is -2.31. The Morgan fingerprint density at radius 1 is 1.47 bits per heavy atom. The third-order valence-electron chi connectivity index (χ3n) is 2.92. The summed E-state index contributed by atoms with van der Waals surface area (Å²) in [5.74, 6) is -1.68. The fourth-order valence-electron chi connectivity index (χ4n) is 1.76. The van der Waals surface area contributed by atoms with E-state index in [0.717, 1.165) is 6.07 Å². The number of hydrogen-bond donors (Lipinski definition) is 2. The number of likely N-dealkylation sites (tertiary alicyclic amines) is 1. The summed E-state index contributed by atoms with van der Waals surface area (Å²) >= 11 is 0. The lowest BCUT2D eigenvalue weighted by atomic mass is 10.0. The molecular weight excluding hydrogens is 255 g/mol. The molecule has 102 valence electrons. The van der Waals surface area contributed by atoms with Gasteiger partial charge in [-0.2, -0.15) is 0 Å². The molecule has 1 aromatic rings. The second kappa shape index (κ2) is 5.13. The number of benzene rings is 1. The minimum Gasteiger partial charge on any atom is -0.494 e. The monoisotopic (exact) mass is 268 g/mol. The molecule has 0 radical (unpaired) electrons. The van der Waals surface area contributed by atoms with E-state index >= 15 is 0 Å². The van der Waals surface area contributed by atoms with E-state index in [1.807, 2.05) is 0 Å². The molecular formula is C12H13FN2O4. The molecule has 1 heterocycles. The number of aliphatic carboxylic acids is 1. The summed E-state index contributed by atoms with van der Waals surface area (Å²) in [5, 5.41) is 11.3. The van der Waals surface area contributed by atoms with Crippen molar-refractivity contribution in [3.05, 3.63) is 24.0 Å². The maximum atomic E-state index is 13.0. The number of ether oxygens (including phenoxy) is 1. The Kier molecular flexibility index (Phi) is 3.55. The van der Waals surface area contributed by atoms with Crippen LogP contribution in [0.25, 0.3) is 0 Å². The Labute approximate surface area is 108 Å². The third kappa shape index (κ3) is 2.75. The summed E-state index contributed by atoms with van der Waals surface area (Å²) in [6.07, 6.45) is 0. The highest BCUT2D eigenvalue weighted by Crippen LogP contribution is 2.26. The number of methoxy groups -OCH3 is 1. The molecule has 0 aromatic heterocycles. The molecule has 0 bridgehead atoms. The van der Waals surface area contributed by atoms with Crippen LogP contribution in [0.2, 0.25) is 0 Å². The van der Waals surface area contributed by atoms with Crippen molar-refractivity contribution in [2.75, 3.05) is 25.5 Å². The zero-order chi connectivity index (χ0) is 14.0. The smallest absolute Gasteiger partial charge is 0.321 e. The largest absolute Gasteiger partial charge is 0.494 e. The number of urea groups is 1. The highest BCUT2D eigenvalue weighted by Gasteiger charge is 2.35. The van der Waals surface area contributed by atoms with Gasteiger partial charge < -0.3 is 20.1 Å². The zero-order valence-corrected chi connectivity index (χ0v) is 10.2. The molecule has 6 nitrogen and oxygen atoms in total. The van der Waals surface area contributed by atoms with Gasteiger partial charge in [0.2, 0.25) is 0 Å². The molecule has 2 N–H and O–H groups in total. The van der Waals surface area contributed by atoms with Crippen LogP contribution in [0.1, 0.15) is 0 Å². The van der Waals surface area contributed by atoms with Crippen molar-refractivity contribution in [2.24, 2.45) is 5.92 Å². The van der Waals surface area contributed by atoms with Crippen LogP contribution in [0, 0.1) is 11.7 Å². The standard InChI is InChI=1S/C12H13FN2O4/c1-19-10-4-8(13)2-3-9(10)14-12(18)15-5-7(6-15)11(16)17/h2-4,7H,5-6H2,1H3,(H,14,18)(H,16,17). The predicted octanol–water partition coefficient (Wildman–Crippen LogP) is 1.38. The van der Waals surface area contributed by atoms with Crippen LogP contribution in [0.3, 0.4) is 0 Å². The van der Waals surface area contributed by atoms with Crippen molar-refractivity contribution >= 4 is 17.7 Å². The predicted molar refractivity (Wildman–Crippen MR) is 64.7 cm³/mol. The van der Waals surface area contributed by atoms with E-state index in [1.54, 1.807) is 0 Å². The van der Waals surface area contributed by atoms with Gasteiger partial charge in [0.05, 0.1) is 18.7 Å². The molecule has 0 saturated carbocycles. The number of halogens is 1. The second-order valence-electron chi connectivity index (χ2n) is 4.21. The van der Waals surface area contributed by atoms with E-state index in [-0.39, 0.29) is 18.8 Å². The first-order valence-electron chi connectivity index (χ1n) is 5.63. The lowest BCUT2D eigenvalue weighted by molar-refractivity contribution is -0.145. The summed E-state index contributed by atoms with van der Waals surface area (Å²) in [7, 11) is 1.37. The van der Waals surface area contributed by atoms with Crippen LogP contribution >= 0.6 is 0 Å². The van der Waals surface area contributed by atoms with Crippen molar-refractivity contribution in [3.63, 3.8) is 0 Å². The zero-order valence-electron chi connectivity index (χ0n) is 10.2. The Bertz CT molecular complexity index is 514. The SMILES string of the molecule is COc1cc(F)ccc1NC(=O)N1CC(C(=O)O)C1. The summed E-state index contributed by atoms with van der Waals surface area (Å²) in [6.45, 7) is 0.343. The number of amides is 2. The van der Waals surface area contributed by atoms with Crippen LogP contribution in [-0.4, -0.2) is 42.2 Å². The van der Waals surface area contributed by atoms with Crippen LogP contribution in [-0.2, 0) is 4.79 Å². The lowest BCUT2D eigenvalue weighted by Gasteiger charge is -2.36. The minimum atomic E-state index is -0.914. The van der Waals surface area contributed by atoms with Gasteiger partial charge in [0.25, 0.3) is 0 Å². The van der Waals surface area contributed by atoms with Gasteiger partial charge in [-0.1, -0.05) is 0 Å². The third-order valence-corrected chi connectivity index (χ3v) is 2.92. The van der Waals surface area contributed by atoms with Crippen molar-refractivity contribution in [3.8, 4) is 5.75 Å². The van der Waals surface area contributed by atoms with E-state index < -0.39 is 23.7 Å². The second-order valence-corrected chi connectivity index (χ2v) is 4.21. The van der Waals surface area contributed by atoms with Gasteiger partial charge in [0.1, 0.15) is 11.6 Å². The number of carboxylic acid groups (broad SMARTS) is 1. The van der Waals surface area contributed by atoms with Crippen molar-refractivity contribution in [1.82, 2.24) is 4.90 Å². The number of hydrogen-bond acceptors (Lipinski definition) is 3. The molecule has 7 heteroatoms. The van der Waals surface area contributed by atoms with Gasteiger partial charge >= 0.3 is 12.0 Å². The van der Waals surface area contributed by atoms with Gasteiger partial charge in [-0.3, -0.25) is 4.79 Å². The first-order valence-corrected chi connectivity index (χ1v) is 5.63. The first-order chi connectivity index (χ1) is 9.01. The fraction of sp³-hybridized carbons (Fsp3) is 0.333. The van der Waals surface area contributed by atoms with Crippen LogP contribution < -0.4 is 10.1 Å². The molecule has 2 amide bonds. The van der Waals surface area contributed by atoms with Crippen molar-refractivity contribution in [1.29, 1.82) is 0 Å². The molecule has 1 aromatic carbocycles. The summed E-state index contributed by atoms with van der Waals surface area (Å²) in [6, 6.07) is 3.32. The number of nitrogens with one attached hydrogen (secondary N) is 1. The maximum absolute atomic E-state index is 13.0. The quantitative estimate of drug-likeness (QED) is 0.868. The number of rotatable bonds is 3. The molecule has 1 aliphatic rings. The van der Waals surface area contributed by atoms with Crippen molar-refractivity contribution in [2.45, 2.75) is 0 Å². The molecule has 0 aliphatic carbocycles.